The molecule has 0 saturated heterocycles. The minimum absolute atomic E-state index is 0.179. The maximum atomic E-state index is 12.7. The molecule has 32 heavy (non-hydrogen) atoms. The molecule has 5 rings (SSSR count). The molecule has 0 atom stereocenters. The highest BCUT2D eigenvalue weighted by Gasteiger charge is 2.26. The van der Waals surface area contributed by atoms with Crippen LogP contribution in [0, 0.1) is 0 Å². The van der Waals surface area contributed by atoms with Crippen LogP contribution in [0.2, 0.25) is 0 Å². The fraction of sp³-hybridized carbons (Fsp3) is 0.227. The molecule has 0 radical (unpaired) electrons. The van der Waals surface area contributed by atoms with Crippen molar-refractivity contribution in [1.82, 2.24) is 15.1 Å². The standard InChI is InChI=1S/C22H20N4O5S/c1-29-15-5-3-14(4-6-15)26-20(16-10-32-11-17(16)25-26)24-22(28)21(27)23-9-13-2-7-18-19(8-13)31-12-30-18/h2-8H,9-12H2,1H3,(H,23,27)(H,24,28). The molecule has 2 aliphatic heterocycles. The van der Waals surface area contributed by atoms with Crippen LogP contribution in [0.25, 0.3) is 5.69 Å². The van der Waals surface area contributed by atoms with Gasteiger partial charge in [-0.25, -0.2) is 4.68 Å². The second-order valence-corrected chi connectivity index (χ2v) is 8.19. The molecule has 164 valence electrons. The first kappa shape index (κ1) is 20.3. The monoisotopic (exact) mass is 452 g/mol. The van der Waals surface area contributed by atoms with Gasteiger partial charge in [-0.1, -0.05) is 6.07 Å². The van der Waals surface area contributed by atoms with Crippen molar-refractivity contribution in [3.63, 3.8) is 0 Å². The molecular weight excluding hydrogens is 432 g/mol. The van der Waals surface area contributed by atoms with Gasteiger partial charge in [-0.2, -0.15) is 16.9 Å². The fourth-order valence-corrected chi connectivity index (χ4v) is 4.56. The summed E-state index contributed by atoms with van der Waals surface area (Å²) < 4.78 is 17.5. The van der Waals surface area contributed by atoms with Crippen LogP contribution in [0.4, 0.5) is 5.82 Å². The third kappa shape index (κ3) is 3.84. The second kappa shape index (κ2) is 8.46. The second-order valence-electron chi connectivity index (χ2n) is 7.20. The number of anilines is 1. The number of carbonyl (C=O) groups excluding carboxylic acids is 2. The molecule has 2 amide bonds. The number of ether oxygens (including phenoxy) is 3. The highest BCUT2D eigenvalue weighted by molar-refractivity contribution is 7.98. The molecule has 10 heteroatoms. The summed E-state index contributed by atoms with van der Waals surface area (Å²) in [6, 6.07) is 12.7. The van der Waals surface area contributed by atoms with E-state index in [0.717, 1.165) is 39.8 Å². The van der Waals surface area contributed by atoms with Crippen LogP contribution in [0.3, 0.4) is 0 Å². The molecule has 2 N–H and O–H groups in total. The van der Waals surface area contributed by atoms with Gasteiger partial charge in [0.05, 0.1) is 18.5 Å². The van der Waals surface area contributed by atoms with E-state index in [1.165, 1.54) is 0 Å². The molecule has 0 aliphatic carbocycles. The highest BCUT2D eigenvalue weighted by atomic mass is 32.2. The number of methoxy groups -OCH3 is 1. The minimum atomic E-state index is -0.750. The van der Waals surface area contributed by atoms with Gasteiger partial charge in [0.1, 0.15) is 11.6 Å². The lowest BCUT2D eigenvalue weighted by Crippen LogP contribution is -2.35. The summed E-state index contributed by atoms with van der Waals surface area (Å²) in [5, 5.41) is 10.0. The normalized spacial score (nSPS) is 13.5. The molecule has 2 aromatic carbocycles. The van der Waals surface area contributed by atoms with E-state index in [-0.39, 0.29) is 13.3 Å². The molecule has 0 saturated carbocycles. The summed E-state index contributed by atoms with van der Waals surface area (Å²) in [6.45, 7) is 0.368. The summed E-state index contributed by atoms with van der Waals surface area (Å²) in [5.41, 5.74) is 3.40. The van der Waals surface area contributed by atoms with Crippen LogP contribution >= 0.6 is 11.8 Å². The molecule has 3 aromatic rings. The Morgan fingerprint density at radius 1 is 1.09 bits per heavy atom. The number of carbonyl (C=O) groups is 2. The zero-order valence-electron chi connectivity index (χ0n) is 17.2. The van der Waals surface area contributed by atoms with Gasteiger partial charge in [-0.15, -0.1) is 0 Å². The Morgan fingerprint density at radius 3 is 2.72 bits per heavy atom. The number of rotatable bonds is 5. The summed E-state index contributed by atoms with van der Waals surface area (Å²) in [7, 11) is 1.60. The Kier molecular flexibility index (Phi) is 5.36. The number of amides is 2. The molecule has 0 fully saturated rings. The first-order valence-corrected chi connectivity index (χ1v) is 11.1. The number of benzene rings is 2. The van der Waals surface area contributed by atoms with E-state index >= 15 is 0 Å². The minimum Gasteiger partial charge on any atom is -0.497 e. The summed E-state index contributed by atoms with van der Waals surface area (Å²) in [4.78, 5) is 25.1. The number of hydrogen-bond donors (Lipinski definition) is 2. The molecule has 9 nitrogen and oxygen atoms in total. The quantitative estimate of drug-likeness (QED) is 0.574. The van der Waals surface area contributed by atoms with Crippen molar-refractivity contribution < 1.29 is 23.8 Å². The summed E-state index contributed by atoms with van der Waals surface area (Å²) >= 11 is 1.72. The molecule has 1 aromatic heterocycles. The van der Waals surface area contributed by atoms with Crippen LogP contribution in [0.5, 0.6) is 17.2 Å². The van der Waals surface area contributed by atoms with Gasteiger partial charge in [-0.3, -0.25) is 9.59 Å². The zero-order valence-corrected chi connectivity index (χ0v) is 18.0. The van der Waals surface area contributed by atoms with Crippen molar-refractivity contribution in [1.29, 1.82) is 0 Å². The Balaban J connectivity index is 1.30. The maximum Gasteiger partial charge on any atom is 0.314 e. The van der Waals surface area contributed by atoms with Crippen molar-refractivity contribution in [3.8, 4) is 22.9 Å². The van der Waals surface area contributed by atoms with Gasteiger partial charge in [0, 0.05) is 23.6 Å². The molecule has 2 aliphatic rings. The van der Waals surface area contributed by atoms with Gasteiger partial charge in [0.15, 0.2) is 11.5 Å². The Bertz CT molecular complexity index is 1190. The fourth-order valence-electron chi connectivity index (χ4n) is 3.53. The Morgan fingerprint density at radius 2 is 1.91 bits per heavy atom. The highest BCUT2D eigenvalue weighted by Crippen LogP contribution is 2.36. The number of thioether (sulfide) groups is 1. The van der Waals surface area contributed by atoms with E-state index in [1.807, 2.05) is 30.3 Å². The summed E-state index contributed by atoms with van der Waals surface area (Å²) in [5.74, 6) is 2.52. The van der Waals surface area contributed by atoms with Gasteiger partial charge < -0.3 is 24.8 Å². The first-order chi connectivity index (χ1) is 15.6. The van der Waals surface area contributed by atoms with Crippen molar-refractivity contribution in [2.45, 2.75) is 18.1 Å². The van der Waals surface area contributed by atoms with E-state index in [1.54, 1.807) is 35.7 Å². The Hall–Kier alpha value is -3.66. The lowest BCUT2D eigenvalue weighted by atomic mass is 10.2. The number of hydrogen-bond acceptors (Lipinski definition) is 7. The predicted molar refractivity (Wildman–Crippen MR) is 118 cm³/mol. The number of nitrogens with zero attached hydrogens (tertiary/aromatic N) is 2. The third-order valence-electron chi connectivity index (χ3n) is 5.20. The van der Waals surface area contributed by atoms with Crippen LogP contribution < -0.4 is 24.8 Å². The van der Waals surface area contributed by atoms with Gasteiger partial charge in [0.25, 0.3) is 0 Å². The zero-order chi connectivity index (χ0) is 22.1. The first-order valence-electron chi connectivity index (χ1n) is 9.93. The van der Waals surface area contributed by atoms with E-state index in [0.29, 0.717) is 17.3 Å². The van der Waals surface area contributed by atoms with E-state index < -0.39 is 11.8 Å². The van der Waals surface area contributed by atoms with Gasteiger partial charge in [0.2, 0.25) is 6.79 Å². The van der Waals surface area contributed by atoms with Crippen molar-refractivity contribution in [2.24, 2.45) is 0 Å². The number of nitrogens with one attached hydrogen (secondary N) is 2. The predicted octanol–water partition coefficient (Wildman–Crippen LogP) is 2.61. The topological polar surface area (TPSA) is 104 Å². The molecule has 0 unspecified atom stereocenters. The molecule has 0 spiro atoms. The average molecular weight is 452 g/mol. The molecule has 3 heterocycles. The van der Waals surface area contributed by atoms with Gasteiger partial charge >= 0.3 is 11.8 Å². The molecule has 0 bridgehead atoms. The third-order valence-corrected chi connectivity index (χ3v) is 6.17. The van der Waals surface area contributed by atoms with E-state index in [4.69, 9.17) is 14.2 Å². The smallest absolute Gasteiger partial charge is 0.314 e. The van der Waals surface area contributed by atoms with Crippen molar-refractivity contribution in [3.05, 3.63) is 59.3 Å². The SMILES string of the molecule is COc1ccc(-n2nc3c(c2NC(=O)C(=O)NCc2ccc4c(c2)OCO4)CSC3)cc1. The van der Waals surface area contributed by atoms with Crippen LogP contribution in [-0.4, -0.2) is 35.5 Å². The lowest BCUT2D eigenvalue weighted by Gasteiger charge is -2.12. The van der Waals surface area contributed by atoms with Crippen LogP contribution in [0.15, 0.2) is 42.5 Å². The van der Waals surface area contributed by atoms with Crippen molar-refractivity contribution >= 4 is 29.4 Å². The lowest BCUT2D eigenvalue weighted by molar-refractivity contribution is -0.136. The Labute approximate surface area is 188 Å². The number of fused-ring (bicyclic) bond motifs is 2. The van der Waals surface area contributed by atoms with Crippen molar-refractivity contribution in [2.75, 3.05) is 19.2 Å². The van der Waals surface area contributed by atoms with E-state index in [2.05, 4.69) is 15.7 Å². The van der Waals surface area contributed by atoms with Crippen LogP contribution in [-0.2, 0) is 27.6 Å². The maximum absolute atomic E-state index is 12.7. The summed E-state index contributed by atoms with van der Waals surface area (Å²) in [6.07, 6.45) is 0. The largest absolute Gasteiger partial charge is 0.497 e. The van der Waals surface area contributed by atoms with E-state index in [9.17, 15) is 9.59 Å². The number of aromatic nitrogens is 2. The molecular formula is C22H20N4O5S. The van der Waals surface area contributed by atoms with Crippen LogP contribution in [0.1, 0.15) is 16.8 Å². The van der Waals surface area contributed by atoms with Gasteiger partial charge in [-0.05, 0) is 42.0 Å². The average Bonchev–Trinajstić information content (AvgIpc) is 3.54.